The summed E-state index contributed by atoms with van der Waals surface area (Å²) in [7, 11) is 0. The Morgan fingerprint density at radius 2 is 1.95 bits per heavy atom. The molecule has 116 valence electrons. The van der Waals surface area contributed by atoms with Gasteiger partial charge in [-0.1, -0.05) is 43.1 Å². The van der Waals surface area contributed by atoms with Crippen LogP contribution in [0.1, 0.15) is 32.0 Å². The molecule has 2 aromatic rings. The number of fused-ring (bicyclic) bond motifs is 1. The van der Waals surface area contributed by atoms with Crippen molar-refractivity contribution >= 4 is 40.5 Å². The zero-order valence-electron chi connectivity index (χ0n) is 13.0. The fourth-order valence-electron chi connectivity index (χ4n) is 2.52. The topological polar surface area (TPSA) is 34.0 Å². The largest absolute Gasteiger partial charge is 0.358 e. The Morgan fingerprint density at radius 1 is 1.29 bits per heavy atom. The van der Waals surface area contributed by atoms with Crippen LogP contribution in [0.2, 0.25) is 10.0 Å². The molecular formula is C16H22Cl2N2O. The van der Waals surface area contributed by atoms with E-state index in [9.17, 15) is 4.79 Å². The van der Waals surface area contributed by atoms with E-state index in [0.29, 0.717) is 16.6 Å². The van der Waals surface area contributed by atoms with Crippen molar-refractivity contribution in [2.24, 2.45) is 0 Å². The summed E-state index contributed by atoms with van der Waals surface area (Å²) in [5.74, 6) is 0. The SMILES string of the molecule is CC.CCn1c(CCNC=O)c(C)c2ccc(Cl)c(Cl)c21. The first kappa shape index (κ1) is 17.9. The molecule has 0 unspecified atom stereocenters. The molecule has 0 spiro atoms. The molecule has 0 atom stereocenters. The van der Waals surface area contributed by atoms with E-state index in [1.54, 1.807) is 0 Å². The third kappa shape index (κ3) is 3.53. The molecule has 21 heavy (non-hydrogen) atoms. The van der Waals surface area contributed by atoms with Crippen molar-refractivity contribution in [1.29, 1.82) is 0 Å². The van der Waals surface area contributed by atoms with E-state index < -0.39 is 0 Å². The molecule has 0 bridgehead atoms. The molecular weight excluding hydrogens is 307 g/mol. The third-order valence-corrected chi connectivity index (χ3v) is 4.20. The van der Waals surface area contributed by atoms with Crippen molar-refractivity contribution in [2.75, 3.05) is 6.54 Å². The van der Waals surface area contributed by atoms with Gasteiger partial charge in [0, 0.05) is 30.6 Å². The Bertz CT molecular complexity index is 620. The smallest absolute Gasteiger partial charge is 0.207 e. The lowest BCUT2D eigenvalue weighted by atomic mass is 10.1. The Balaban J connectivity index is 0.00000106. The summed E-state index contributed by atoms with van der Waals surface area (Å²) in [4.78, 5) is 10.3. The normalized spacial score (nSPS) is 10.2. The van der Waals surface area contributed by atoms with Gasteiger partial charge in [-0.25, -0.2) is 0 Å². The van der Waals surface area contributed by atoms with Crippen LogP contribution in [-0.2, 0) is 17.8 Å². The second kappa shape index (κ2) is 8.30. The van der Waals surface area contributed by atoms with Gasteiger partial charge < -0.3 is 9.88 Å². The maximum absolute atomic E-state index is 10.3. The molecule has 0 aliphatic heterocycles. The third-order valence-electron chi connectivity index (χ3n) is 3.41. The Labute approximate surface area is 136 Å². The van der Waals surface area contributed by atoms with Crippen LogP contribution in [0.15, 0.2) is 12.1 Å². The minimum absolute atomic E-state index is 0.568. The highest BCUT2D eigenvalue weighted by atomic mass is 35.5. The molecule has 1 heterocycles. The molecule has 0 fully saturated rings. The lowest BCUT2D eigenvalue weighted by Crippen LogP contribution is -2.16. The molecule has 1 aromatic carbocycles. The van der Waals surface area contributed by atoms with Crippen LogP contribution >= 0.6 is 23.2 Å². The predicted octanol–water partition coefficient (Wildman–Crippen LogP) is 4.59. The number of halogens is 2. The van der Waals surface area contributed by atoms with Gasteiger partial charge in [0.15, 0.2) is 0 Å². The van der Waals surface area contributed by atoms with Gasteiger partial charge in [-0.05, 0) is 25.5 Å². The van der Waals surface area contributed by atoms with Crippen molar-refractivity contribution in [2.45, 2.75) is 40.7 Å². The molecule has 5 heteroatoms. The van der Waals surface area contributed by atoms with E-state index in [2.05, 4.69) is 23.7 Å². The Morgan fingerprint density at radius 3 is 2.52 bits per heavy atom. The number of rotatable bonds is 5. The summed E-state index contributed by atoms with van der Waals surface area (Å²) >= 11 is 12.4. The second-order valence-corrected chi connectivity index (χ2v) is 5.18. The highest BCUT2D eigenvalue weighted by Gasteiger charge is 2.16. The summed E-state index contributed by atoms with van der Waals surface area (Å²) in [6, 6.07) is 3.83. The standard InChI is InChI=1S/C14H16Cl2N2O.C2H6/c1-3-18-12(6-7-17-8-19)9(2)10-4-5-11(15)13(16)14(10)18;1-2/h4-5,8H,3,6-7H2,1-2H3,(H,17,19);1-2H3. The van der Waals surface area contributed by atoms with Crippen LogP contribution in [-0.4, -0.2) is 17.5 Å². The molecule has 0 radical (unpaired) electrons. The van der Waals surface area contributed by atoms with E-state index in [1.807, 2.05) is 26.0 Å². The average Bonchev–Trinajstić information content (AvgIpc) is 2.78. The Kier molecular flexibility index (Phi) is 7.06. The van der Waals surface area contributed by atoms with Gasteiger partial charge in [0.25, 0.3) is 0 Å². The first-order valence-corrected chi connectivity index (χ1v) is 8.00. The number of hydrogen-bond donors (Lipinski definition) is 1. The fraction of sp³-hybridized carbons (Fsp3) is 0.438. The second-order valence-electron chi connectivity index (χ2n) is 4.40. The fourth-order valence-corrected chi connectivity index (χ4v) is 2.94. The number of amides is 1. The number of nitrogens with one attached hydrogen (secondary N) is 1. The lowest BCUT2D eigenvalue weighted by Gasteiger charge is -2.09. The van der Waals surface area contributed by atoms with E-state index in [1.165, 1.54) is 11.3 Å². The predicted molar refractivity (Wildman–Crippen MR) is 91.5 cm³/mol. The maximum Gasteiger partial charge on any atom is 0.207 e. The molecule has 1 amide bonds. The van der Waals surface area contributed by atoms with E-state index in [-0.39, 0.29) is 0 Å². The molecule has 0 saturated carbocycles. The molecule has 0 aliphatic carbocycles. The van der Waals surface area contributed by atoms with Gasteiger partial charge in [-0.3, -0.25) is 4.79 Å². The summed E-state index contributed by atoms with van der Waals surface area (Å²) < 4.78 is 2.17. The molecule has 1 N–H and O–H groups in total. The molecule has 3 nitrogen and oxygen atoms in total. The van der Waals surface area contributed by atoms with Crippen molar-refractivity contribution < 1.29 is 4.79 Å². The molecule has 2 rings (SSSR count). The lowest BCUT2D eigenvalue weighted by molar-refractivity contribution is -0.109. The van der Waals surface area contributed by atoms with Crippen LogP contribution in [0, 0.1) is 6.92 Å². The number of benzene rings is 1. The van der Waals surface area contributed by atoms with Gasteiger partial charge >= 0.3 is 0 Å². The van der Waals surface area contributed by atoms with Crippen LogP contribution < -0.4 is 5.32 Å². The first-order chi connectivity index (χ1) is 10.1. The van der Waals surface area contributed by atoms with Crippen LogP contribution in [0.3, 0.4) is 0 Å². The Hall–Kier alpha value is -1.19. The summed E-state index contributed by atoms with van der Waals surface area (Å²) in [5, 5.41) is 4.98. The molecule has 1 aromatic heterocycles. The van der Waals surface area contributed by atoms with Gasteiger partial charge in [0.1, 0.15) is 0 Å². The highest BCUT2D eigenvalue weighted by Crippen LogP contribution is 2.35. The van der Waals surface area contributed by atoms with Crippen molar-refractivity contribution in [3.05, 3.63) is 33.4 Å². The van der Waals surface area contributed by atoms with E-state index in [0.717, 1.165) is 30.3 Å². The van der Waals surface area contributed by atoms with Gasteiger partial charge in [0.05, 0.1) is 15.6 Å². The number of carbonyl (C=O) groups is 1. The van der Waals surface area contributed by atoms with Gasteiger partial charge in [-0.2, -0.15) is 0 Å². The number of carbonyl (C=O) groups excluding carboxylic acids is 1. The number of hydrogen-bond acceptors (Lipinski definition) is 1. The highest BCUT2D eigenvalue weighted by molar-refractivity contribution is 6.45. The van der Waals surface area contributed by atoms with Crippen LogP contribution in [0.4, 0.5) is 0 Å². The van der Waals surface area contributed by atoms with Crippen LogP contribution in [0.25, 0.3) is 10.9 Å². The summed E-state index contributed by atoms with van der Waals surface area (Å²) in [6.07, 6.45) is 1.50. The minimum atomic E-state index is 0.568. The maximum atomic E-state index is 10.3. The number of nitrogens with zero attached hydrogens (tertiary/aromatic N) is 1. The zero-order valence-corrected chi connectivity index (χ0v) is 14.5. The van der Waals surface area contributed by atoms with Crippen molar-refractivity contribution in [3.63, 3.8) is 0 Å². The summed E-state index contributed by atoms with van der Waals surface area (Å²) in [6.45, 7) is 9.59. The monoisotopic (exact) mass is 328 g/mol. The summed E-state index contributed by atoms with van der Waals surface area (Å²) in [5.41, 5.74) is 3.37. The molecule has 0 saturated heterocycles. The van der Waals surface area contributed by atoms with Gasteiger partial charge in [-0.15, -0.1) is 0 Å². The average molecular weight is 329 g/mol. The van der Waals surface area contributed by atoms with E-state index in [4.69, 9.17) is 23.2 Å². The first-order valence-electron chi connectivity index (χ1n) is 7.24. The van der Waals surface area contributed by atoms with E-state index >= 15 is 0 Å². The van der Waals surface area contributed by atoms with Crippen molar-refractivity contribution in [3.8, 4) is 0 Å². The quantitative estimate of drug-likeness (QED) is 0.632. The number of aryl methyl sites for hydroxylation is 2. The zero-order chi connectivity index (χ0) is 16.0. The number of aromatic nitrogens is 1. The minimum Gasteiger partial charge on any atom is -0.358 e. The molecule has 0 aliphatic rings. The van der Waals surface area contributed by atoms with Gasteiger partial charge in [0.2, 0.25) is 6.41 Å². The van der Waals surface area contributed by atoms with Crippen LogP contribution in [0.5, 0.6) is 0 Å². The van der Waals surface area contributed by atoms with Crippen molar-refractivity contribution in [1.82, 2.24) is 9.88 Å².